The topological polar surface area (TPSA) is 0 Å². The molecule has 0 aromatic heterocycles. The molecule has 0 saturated carbocycles. The molecule has 0 saturated heterocycles. The van der Waals surface area contributed by atoms with E-state index in [1.54, 1.807) is 0 Å². The second kappa shape index (κ2) is 9.56. The quantitative estimate of drug-likeness (QED) is 0.261. The second-order valence-corrected chi connectivity index (χ2v) is 5.07. The van der Waals surface area contributed by atoms with E-state index in [1.807, 2.05) is 6.08 Å². The van der Waals surface area contributed by atoms with Crippen LogP contribution in [0, 0.1) is 0 Å². The van der Waals surface area contributed by atoms with E-state index in [2.05, 4.69) is 36.1 Å². The van der Waals surface area contributed by atoms with Gasteiger partial charge in [-0.15, -0.1) is 6.58 Å². The molecule has 0 aliphatic rings. The Morgan fingerprint density at radius 1 is 1.25 bits per heavy atom. The summed E-state index contributed by atoms with van der Waals surface area (Å²) in [6, 6.07) is 0. The number of rotatable bonds is 8. The van der Waals surface area contributed by atoms with Gasteiger partial charge in [0.25, 0.3) is 0 Å². The lowest BCUT2D eigenvalue weighted by atomic mass is 10.1. The van der Waals surface area contributed by atoms with Crippen molar-refractivity contribution in [2.75, 3.05) is 0 Å². The third-order valence-corrected chi connectivity index (χ3v) is 3.29. The Kier molecular flexibility index (Phi) is 9.93. The van der Waals surface area contributed by atoms with Gasteiger partial charge in [-0.3, -0.25) is 0 Å². The molecule has 1 atom stereocenters. The number of unbranched alkanes of at least 4 members (excludes halogenated alkanes) is 3. The fraction of sp³-hybridized carbons (Fsp3) is 0.818. The summed E-state index contributed by atoms with van der Waals surface area (Å²) < 4.78 is 0.897. The SMILES string of the molecule is C=CCCCC(I)CCCCC. The van der Waals surface area contributed by atoms with E-state index in [4.69, 9.17) is 0 Å². The summed E-state index contributed by atoms with van der Waals surface area (Å²) in [4.78, 5) is 0. The van der Waals surface area contributed by atoms with E-state index in [1.165, 1.54) is 44.9 Å². The van der Waals surface area contributed by atoms with Gasteiger partial charge in [-0.1, -0.05) is 54.9 Å². The molecule has 0 spiro atoms. The van der Waals surface area contributed by atoms with Gasteiger partial charge in [0, 0.05) is 3.92 Å². The van der Waals surface area contributed by atoms with Crippen molar-refractivity contribution in [2.24, 2.45) is 0 Å². The molecule has 0 aliphatic heterocycles. The Morgan fingerprint density at radius 2 is 1.92 bits per heavy atom. The van der Waals surface area contributed by atoms with Crippen LogP contribution in [0.5, 0.6) is 0 Å². The van der Waals surface area contributed by atoms with Gasteiger partial charge in [-0.2, -0.15) is 0 Å². The van der Waals surface area contributed by atoms with Gasteiger partial charge in [-0.25, -0.2) is 0 Å². The van der Waals surface area contributed by atoms with Crippen LogP contribution in [0.4, 0.5) is 0 Å². The number of hydrogen-bond donors (Lipinski definition) is 0. The van der Waals surface area contributed by atoms with Crippen LogP contribution < -0.4 is 0 Å². The minimum absolute atomic E-state index is 0.897. The van der Waals surface area contributed by atoms with Crippen molar-refractivity contribution in [3.05, 3.63) is 12.7 Å². The minimum atomic E-state index is 0.897. The van der Waals surface area contributed by atoms with Gasteiger partial charge in [0.05, 0.1) is 0 Å². The monoisotopic (exact) mass is 280 g/mol. The summed E-state index contributed by atoms with van der Waals surface area (Å²) in [5.74, 6) is 0. The van der Waals surface area contributed by atoms with Crippen LogP contribution in [-0.4, -0.2) is 3.92 Å². The molecule has 0 N–H and O–H groups in total. The second-order valence-electron chi connectivity index (χ2n) is 3.31. The van der Waals surface area contributed by atoms with E-state index < -0.39 is 0 Å². The molecule has 12 heavy (non-hydrogen) atoms. The highest BCUT2D eigenvalue weighted by molar-refractivity contribution is 14.1. The van der Waals surface area contributed by atoms with Crippen molar-refractivity contribution in [1.29, 1.82) is 0 Å². The largest absolute Gasteiger partial charge is 0.103 e. The Labute approximate surface area is 91.0 Å². The van der Waals surface area contributed by atoms with Crippen molar-refractivity contribution in [3.63, 3.8) is 0 Å². The first-order valence-corrected chi connectivity index (χ1v) is 6.30. The van der Waals surface area contributed by atoms with E-state index in [9.17, 15) is 0 Å². The predicted octanol–water partition coefficient (Wildman–Crippen LogP) is 4.73. The maximum atomic E-state index is 3.73. The maximum absolute atomic E-state index is 3.73. The normalized spacial score (nSPS) is 12.8. The summed E-state index contributed by atoms with van der Waals surface area (Å²) in [5.41, 5.74) is 0. The van der Waals surface area contributed by atoms with Crippen molar-refractivity contribution < 1.29 is 0 Å². The van der Waals surface area contributed by atoms with Crippen LogP contribution in [0.3, 0.4) is 0 Å². The van der Waals surface area contributed by atoms with Gasteiger partial charge >= 0.3 is 0 Å². The molecule has 72 valence electrons. The molecule has 0 radical (unpaired) electrons. The van der Waals surface area contributed by atoms with Crippen LogP contribution >= 0.6 is 22.6 Å². The molecular weight excluding hydrogens is 259 g/mol. The molecule has 0 aliphatic carbocycles. The first-order chi connectivity index (χ1) is 5.81. The summed E-state index contributed by atoms with van der Waals surface area (Å²) in [6.45, 7) is 5.99. The zero-order chi connectivity index (χ0) is 9.23. The first kappa shape index (κ1) is 12.5. The first-order valence-electron chi connectivity index (χ1n) is 5.06. The third-order valence-electron chi connectivity index (χ3n) is 2.05. The fourth-order valence-electron chi connectivity index (χ4n) is 1.24. The molecule has 0 fully saturated rings. The Balaban J connectivity index is 3.09. The lowest BCUT2D eigenvalue weighted by molar-refractivity contribution is 0.617. The number of allylic oxidation sites excluding steroid dienone is 1. The molecule has 0 aromatic rings. The molecule has 0 amide bonds. The number of alkyl halides is 1. The Hall–Kier alpha value is 0.470. The Morgan fingerprint density at radius 3 is 2.50 bits per heavy atom. The van der Waals surface area contributed by atoms with Crippen molar-refractivity contribution >= 4 is 22.6 Å². The highest BCUT2D eigenvalue weighted by Crippen LogP contribution is 2.17. The molecule has 0 rings (SSSR count). The van der Waals surface area contributed by atoms with Crippen LogP contribution in [0.15, 0.2) is 12.7 Å². The van der Waals surface area contributed by atoms with Crippen LogP contribution in [-0.2, 0) is 0 Å². The maximum Gasteiger partial charge on any atom is 0.0110 e. The molecular formula is C11H21I. The standard InChI is InChI=1S/C11H21I/c1-3-5-7-9-11(12)10-8-6-4-2/h3,11H,1,4-10H2,2H3. The summed E-state index contributed by atoms with van der Waals surface area (Å²) in [5, 5.41) is 0. The van der Waals surface area contributed by atoms with Gasteiger partial charge < -0.3 is 0 Å². The van der Waals surface area contributed by atoms with Crippen molar-refractivity contribution in [3.8, 4) is 0 Å². The van der Waals surface area contributed by atoms with Gasteiger partial charge in [-0.05, 0) is 25.7 Å². The van der Waals surface area contributed by atoms with E-state index in [0.29, 0.717) is 0 Å². The zero-order valence-corrected chi connectivity index (χ0v) is 10.3. The van der Waals surface area contributed by atoms with Crippen LogP contribution in [0.2, 0.25) is 0 Å². The zero-order valence-electron chi connectivity index (χ0n) is 8.19. The van der Waals surface area contributed by atoms with Crippen LogP contribution in [0.25, 0.3) is 0 Å². The molecule has 1 unspecified atom stereocenters. The summed E-state index contributed by atoms with van der Waals surface area (Å²) in [7, 11) is 0. The smallest absolute Gasteiger partial charge is 0.0110 e. The van der Waals surface area contributed by atoms with Crippen molar-refractivity contribution in [1.82, 2.24) is 0 Å². The summed E-state index contributed by atoms with van der Waals surface area (Å²) >= 11 is 2.59. The number of hydrogen-bond acceptors (Lipinski definition) is 0. The van der Waals surface area contributed by atoms with E-state index in [-0.39, 0.29) is 0 Å². The fourth-order valence-corrected chi connectivity index (χ4v) is 2.12. The summed E-state index contributed by atoms with van der Waals surface area (Å²) in [6.07, 6.45) is 11.5. The lowest BCUT2D eigenvalue weighted by Crippen LogP contribution is -1.96. The third kappa shape index (κ3) is 8.57. The lowest BCUT2D eigenvalue weighted by Gasteiger charge is -2.07. The van der Waals surface area contributed by atoms with Gasteiger partial charge in [0.15, 0.2) is 0 Å². The molecule has 0 aromatic carbocycles. The van der Waals surface area contributed by atoms with E-state index >= 15 is 0 Å². The molecule has 0 heterocycles. The van der Waals surface area contributed by atoms with Gasteiger partial charge in [0.2, 0.25) is 0 Å². The highest BCUT2D eigenvalue weighted by atomic mass is 127. The van der Waals surface area contributed by atoms with E-state index in [0.717, 1.165) is 3.92 Å². The number of halogens is 1. The highest BCUT2D eigenvalue weighted by Gasteiger charge is 2.01. The van der Waals surface area contributed by atoms with Crippen LogP contribution in [0.1, 0.15) is 51.9 Å². The average molecular weight is 280 g/mol. The molecule has 0 nitrogen and oxygen atoms in total. The molecule has 1 heteroatoms. The predicted molar refractivity (Wildman–Crippen MR) is 66.0 cm³/mol. The van der Waals surface area contributed by atoms with Gasteiger partial charge in [0.1, 0.15) is 0 Å². The Bertz CT molecular complexity index is 99.2. The van der Waals surface area contributed by atoms with Crippen molar-refractivity contribution in [2.45, 2.75) is 55.8 Å². The molecule has 0 bridgehead atoms. The average Bonchev–Trinajstić information content (AvgIpc) is 2.06. The minimum Gasteiger partial charge on any atom is -0.103 e.